The number of piperidine rings is 1. The van der Waals surface area contributed by atoms with Crippen molar-refractivity contribution in [2.75, 3.05) is 19.7 Å². The lowest BCUT2D eigenvalue weighted by Gasteiger charge is -2.32. The van der Waals surface area contributed by atoms with E-state index < -0.39 is 17.6 Å². The highest BCUT2D eigenvalue weighted by molar-refractivity contribution is 5.91. The van der Waals surface area contributed by atoms with Crippen LogP contribution < -0.4 is 15.2 Å². The number of benzene rings is 1. The Morgan fingerprint density at radius 1 is 1.20 bits per heavy atom. The van der Waals surface area contributed by atoms with Crippen molar-refractivity contribution in [3.63, 3.8) is 0 Å². The Labute approximate surface area is 170 Å². The molecule has 1 saturated heterocycles. The standard InChI is InChI=1S/C20H20F3N3O4/c21-20(22,23)13-3-1-4-14(9-13)29-12-18(27)26-8-2-5-16(11-26)30-15-6-7-25-17(10-15)19(24)28/h1,3-4,6-7,9-10,16H,2,5,8,11-12H2,(H2,24,28). The molecule has 0 saturated carbocycles. The Morgan fingerprint density at radius 2 is 2.00 bits per heavy atom. The summed E-state index contributed by atoms with van der Waals surface area (Å²) in [6.45, 7) is 0.404. The predicted octanol–water partition coefficient (Wildman–Crippen LogP) is 2.65. The molecule has 1 unspecified atom stereocenters. The van der Waals surface area contributed by atoms with Crippen LogP contribution in [0.5, 0.6) is 11.5 Å². The van der Waals surface area contributed by atoms with Gasteiger partial charge in [0.05, 0.1) is 12.1 Å². The fraction of sp³-hybridized carbons (Fsp3) is 0.350. The second-order valence-corrected chi connectivity index (χ2v) is 6.78. The molecule has 1 aromatic carbocycles. The van der Waals surface area contributed by atoms with Crippen LogP contribution in [0.25, 0.3) is 0 Å². The number of carbonyl (C=O) groups is 2. The van der Waals surface area contributed by atoms with Gasteiger partial charge in [0.15, 0.2) is 6.61 Å². The monoisotopic (exact) mass is 423 g/mol. The molecule has 3 rings (SSSR count). The second-order valence-electron chi connectivity index (χ2n) is 6.78. The smallest absolute Gasteiger partial charge is 0.416 e. The first-order valence-electron chi connectivity index (χ1n) is 9.23. The fourth-order valence-electron chi connectivity index (χ4n) is 3.07. The van der Waals surface area contributed by atoms with Crippen LogP contribution in [0, 0.1) is 0 Å². The van der Waals surface area contributed by atoms with Gasteiger partial charge in [-0.3, -0.25) is 14.6 Å². The van der Waals surface area contributed by atoms with Crippen molar-refractivity contribution in [1.29, 1.82) is 0 Å². The number of ether oxygens (including phenoxy) is 2. The second kappa shape index (κ2) is 9.02. The van der Waals surface area contributed by atoms with Crippen LogP contribution in [0.3, 0.4) is 0 Å². The van der Waals surface area contributed by atoms with Gasteiger partial charge in [-0.1, -0.05) is 6.07 Å². The minimum absolute atomic E-state index is 0.0289. The first-order valence-corrected chi connectivity index (χ1v) is 9.23. The van der Waals surface area contributed by atoms with Gasteiger partial charge in [0, 0.05) is 18.8 Å². The van der Waals surface area contributed by atoms with Gasteiger partial charge in [0.25, 0.3) is 11.8 Å². The molecule has 7 nitrogen and oxygen atoms in total. The molecular formula is C20H20F3N3O4. The lowest BCUT2D eigenvalue weighted by atomic mass is 10.1. The highest BCUT2D eigenvalue weighted by atomic mass is 19.4. The van der Waals surface area contributed by atoms with Crippen molar-refractivity contribution in [2.45, 2.75) is 25.1 Å². The first-order chi connectivity index (χ1) is 14.2. The number of carbonyl (C=O) groups excluding carboxylic acids is 2. The number of nitrogens with zero attached hydrogens (tertiary/aromatic N) is 2. The molecule has 0 bridgehead atoms. The normalized spacial score (nSPS) is 16.8. The van der Waals surface area contributed by atoms with Crippen LogP contribution in [0.15, 0.2) is 42.6 Å². The summed E-state index contributed by atoms with van der Waals surface area (Å²) >= 11 is 0. The predicted molar refractivity (Wildman–Crippen MR) is 99.9 cm³/mol. The summed E-state index contributed by atoms with van der Waals surface area (Å²) in [6.07, 6.45) is -1.99. The molecular weight excluding hydrogens is 403 g/mol. The number of halogens is 3. The van der Waals surface area contributed by atoms with E-state index in [9.17, 15) is 22.8 Å². The van der Waals surface area contributed by atoms with Crippen LogP contribution >= 0.6 is 0 Å². The van der Waals surface area contributed by atoms with Crippen molar-refractivity contribution >= 4 is 11.8 Å². The number of aromatic nitrogens is 1. The Bertz CT molecular complexity index is 920. The zero-order valence-corrected chi connectivity index (χ0v) is 15.9. The third-order valence-electron chi connectivity index (χ3n) is 4.54. The Kier molecular flexibility index (Phi) is 6.43. The molecule has 10 heteroatoms. The summed E-state index contributed by atoms with van der Waals surface area (Å²) in [5, 5.41) is 0. The minimum atomic E-state index is -4.48. The van der Waals surface area contributed by atoms with Crippen molar-refractivity contribution < 1.29 is 32.2 Å². The zero-order valence-electron chi connectivity index (χ0n) is 15.9. The average molecular weight is 423 g/mol. The largest absolute Gasteiger partial charge is 0.488 e. The number of primary amides is 1. The van der Waals surface area contributed by atoms with E-state index in [-0.39, 0.29) is 30.1 Å². The quantitative estimate of drug-likeness (QED) is 0.771. The van der Waals surface area contributed by atoms with E-state index in [0.717, 1.165) is 12.1 Å². The minimum Gasteiger partial charge on any atom is -0.488 e. The van der Waals surface area contributed by atoms with E-state index in [1.54, 1.807) is 6.07 Å². The maximum Gasteiger partial charge on any atom is 0.416 e. The maximum absolute atomic E-state index is 12.8. The molecule has 0 spiro atoms. The Hall–Kier alpha value is -3.30. The van der Waals surface area contributed by atoms with Crippen molar-refractivity contribution in [2.24, 2.45) is 5.73 Å². The van der Waals surface area contributed by atoms with E-state index in [2.05, 4.69) is 4.98 Å². The Morgan fingerprint density at radius 3 is 2.73 bits per heavy atom. The fourth-order valence-corrected chi connectivity index (χ4v) is 3.07. The lowest BCUT2D eigenvalue weighted by molar-refractivity contribution is -0.137. The van der Waals surface area contributed by atoms with E-state index in [1.165, 1.54) is 29.3 Å². The summed E-state index contributed by atoms with van der Waals surface area (Å²) in [5.74, 6) is -0.641. The van der Waals surface area contributed by atoms with Crippen LogP contribution in [0.4, 0.5) is 13.2 Å². The van der Waals surface area contributed by atoms with Gasteiger partial charge in [-0.15, -0.1) is 0 Å². The molecule has 0 radical (unpaired) electrons. The molecule has 0 aliphatic carbocycles. The van der Waals surface area contributed by atoms with Crippen LogP contribution in [-0.2, 0) is 11.0 Å². The molecule has 1 aliphatic rings. The van der Waals surface area contributed by atoms with Gasteiger partial charge in [-0.2, -0.15) is 13.2 Å². The molecule has 2 N–H and O–H groups in total. The number of amides is 2. The number of hydrogen-bond donors (Lipinski definition) is 1. The lowest BCUT2D eigenvalue weighted by Crippen LogP contribution is -2.46. The van der Waals surface area contributed by atoms with Gasteiger partial charge in [-0.05, 0) is 37.1 Å². The van der Waals surface area contributed by atoms with Gasteiger partial charge in [0.2, 0.25) is 0 Å². The molecule has 30 heavy (non-hydrogen) atoms. The topological polar surface area (TPSA) is 94.8 Å². The van der Waals surface area contributed by atoms with Gasteiger partial charge in [0.1, 0.15) is 23.3 Å². The molecule has 1 aliphatic heterocycles. The van der Waals surface area contributed by atoms with Gasteiger partial charge in [-0.25, -0.2) is 0 Å². The highest BCUT2D eigenvalue weighted by Crippen LogP contribution is 2.31. The molecule has 2 amide bonds. The first kappa shape index (κ1) is 21.4. The molecule has 1 fully saturated rings. The molecule has 2 aromatic rings. The summed E-state index contributed by atoms with van der Waals surface area (Å²) in [4.78, 5) is 29.1. The zero-order chi connectivity index (χ0) is 21.7. The number of alkyl halides is 3. The van der Waals surface area contributed by atoms with E-state index >= 15 is 0 Å². The number of rotatable bonds is 6. The van der Waals surface area contributed by atoms with Crippen molar-refractivity contribution in [3.8, 4) is 11.5 Å². The molecule has 160 valence electrons. The molecule has 1 aromatic heterocycles. The summed E-state index contributed by atoms with van der Waals surface area (Å²) in [6, 6.07) is 7.40. The average Bonchev–Trinajstić information content (AvgIpc) is 2.72. The van der Waals surface area contributed by atoms with Gasteiger partial charge >= 0.3 is 6.18 Å². The SMILES string of the molecule is NC(=O)c1cc(OC2CCCN(C(=O)COc3cccc(C(F)(F)F)c3)C2)ccn1. The number of likely N-dealkylation sites (tertiary alicyclic amines) is 1. The van der Waals surface area contributed by atoms with E-state index in [0.29, 0.717) is 31.7 Å². The number of pyridine rings is 1. The maximum atomic E-state index is 12.8. The number of hydrogen-bond acceptors (Lipinski definition) is 5. The van der Waals surface area contributed by atoms with Crippen molar-refractivity contribution in [1.82, 2.24) is 9.88 Å². The summed E-state index contributed by atoms with van der Waals surface area (Å²) < 4.78 is 49.4. The van der Waals surface area contributed by atoms with E-state index in [4.69, 9.17) is 15.2 Å². The van der Waals surface area contributed by atoms with Gasteiger partial charge < -0.3 is 20.1 Å². The third kappa shape index (κ3) is 5.62. The highest BCUT2D eigenvalue weighted by Gasteiger charge is 2.31. The third-order valence-corrected chi connectivity index (χ3v) is 4.54. The number of nitrogens with two attached hydrogens (primary N) is 1. The van der Waals surface area contributed by atoms with E-state index in [1.807, 2.05) is 0 Å². The van der Waals surface area contributed by atoms with Crippen LogP contribution in [0.1, 0.15) is 28.9 Å². The van der Waals surface area contributed by atoms with Crippen molar-refractivity contribution in [3.05, 3.63) is 53.9 Å². The Balaban J connectivity index is 1.56. The van der Waals surface area contributed by atoms with Crippen LogP contribution in [-0.4, -0.2) is 47.5 Å². The summed E-state index contributed by atoms with van der Waals surface area (Å²) in [7, 11) is 0. The summed E-state index contributed by atoms with van der Waals surface area (Å²) in [5.41, 5.74) is 4.44. The van der Waals surface area contributed by atoms with Crippen LogP contribution in [0.2, 0.25) is 0 Å². The molecule has 2 heterocycles. The molecule has 1 atom stereocenters.